The van der Waals surface area contributed by atoms with Gasteiger partial charge in [-0.25, -0.2) is 8.42 Å². The van der Waals surface area contributed by atoms with E-state index >= 15 is 0 Å². The number of rotatable bonds is 12. The van der Waals surface area contributed by atoms with Crippen molar-refractivity contribution in [1.29, 1.82) is 0 Å². The van der Waals surface area contributed by atoms with Crippen molar-refractivity contribution in [2.45, 2.75) is 58.0 Å². The van der Waals surface area contributed by atoms with Crippen LogP contribution in [0.4, 0.5) is 5.69 Å². The number of benzene rings is 3. The molecule has 1 atom stereocenters. The lowest BCUT2D eigenvalue weighted by Crippen LogP contribution is -2.51. The fourth-order valence-electron chi connectivity index (χ4n) is 4.17. The van der Waals surface area contributed by atoms with Crippen LogP contribution in [0.25, 0.3) is 0 Å². The van der Waals surface area contributed by atoms with E-state index < -0.39 is 28.5 Å². The lowest BCUT2D eigenvalue weighted by molar-refractivity contribution is -0.139. The van der Waals surface area contributed by atoms with Crippen molar-refractivity contribution >= 4 is 62.3 Å². The van der Waals surface area contributed by atoms with Crippen LogP contribution in [0.3, 0.4) is 0 Å². The molecule has 0 aromatic heterocycles. The number of amides is 2. The second-order valence-corrected chi connectivity index (χ2v) is 12.9. The van der Waals surface area contributed by atoms with Gasteiger partial charge in [0.2, 0.25) is 11.8 Å². The lowest BCUT2D eigenvalue weighted by Gasteiger charge is -2.32. The van der Waals surface area contributed by atoms with Gasteiger partial charge in [0, 0.05) is 18.1 Å². The van der Waals surface area contributed by atoms with Gasteiger partial charge in [0.25, 0.3) is 10.0 Å². The number of hydrogen-bond donors (Lipinski definition) is 1. The van der Waals surface area contributed by atoms with Crippen LogP contribution in [0.1, 0.15) is 43.4 Å². The number of carbonyl (C=O) groups is 2. The van der Waals surface area contributed by atoms with E-state index in [-0.39, 0.29) is 23.0 Å². The zero-order chi connectivity index (χ0) is 30.3. The molecule has 7 nitrogen and oxygen atoms in total. The minimum absolute atomic E-state index is 0.00499. The Balaban J connectivity index is 2.06. The largest absolute Gasteiger partial charge is 0.354 e. The zero-order valence-electron chi connectivity index (χ0n) is 23.5. The Morgan fingerprint density at radius 1 is 0.927 bits per heavy atom. The van der Waals surface area contributed by atoms with Crippen molar-refractivity contribution in [3.8, 4) is 0 Å². The van der Waals surface area contributed by atoms with Gasteiger partial charge in [-0.2, -0.15) is 0 Å². The first-order valence-corrected chi connectivity index (χ1v) is 15.8. The average Bonchev–Trinajstić information content (AvgIpc) is 2.93. The second kappa shape index (κ2) is 14.4. The van der Waals surface area contributed by atoms with E-state index in [0.717, 1.165) is 22.7 Å². The molecule has 11 heteroatoms. The number of anilines is 1. The molecule has 3 aromatic carbocycles. The molecular weight excluding hydrogens is 605 g/mol. The molecule has 3 rings (SSSR count). The van der Waals surface area contributed by atoms with Gasteiger partial charge in [-0.1, -0.05) is 78.0 Å². The molecule has 0 radical (unpaired) electrons. The molecule has 2 amide bonds. The van der Waals surface area contributed by atoms with Crippen molar-refractivity contribution in [1.82, 2.24) is 10.2 Å². The molecule has 0 fully saturated rings. The molecule has 220 valence electrons. The Bertz CT molecular complexity index is 1500. The third-order valence-electron chi connectivity index (χ3n) is 6.73. The first-order valence-electron chi connectivity index (χ1n) is 13.2. The van der Waals surface area contributed by atoms with Crippen LogP contribution in [-0.4, -0.2) is 44.3 Å². The molecule has 3 aromatic rings. The Labute approximate surface area is 257 Å². The molecule has 0 saturated carbocycles. The predicted molar refractivity (Wildman–Crippen MR) is 166 cm³/mol. The van der Waals surface area contributed by atoms with Crippen LogP contribution in [0.15, 0.2) is 65.6 Å². The summed E-state index contributed by atoms with van der Waals surface area (Å²) in [6, 6.07) is 15.3. The summed E-state index contributed by atoms with van der Waals surface area (Å²) in [6.45, 7) is 7.07. The van der Waals surface area contributed by atoms with Gasteiger partial charge in [-0.3, -0.25) is 13.9 Å². The predicted octanol–water partition coefficient (Wildman–Crippen LogP) is 6.79. The molecule has 0 aliphatic heterocycles. The highest BCUT2D eigenvalue weighted by Gasteiger charge is 2.33. The van der Waals surface area contributed by atoms with Crippen molar-refractivity contribution < 1.29 is 18.0 Å². The van der Waals surface area contributed by atoms with E-state index in [2.05, 4.69) is 5.32 Å². The number of hydrogen-bond acceptors (Lipinski definition) is 4. The molecule has 0 saturated heterocycles. The highest BCUT2D eigenvalue weighted by Crippen LogP contribution is 2.31. The fourth-order valence-corrected chi connectivity index (χ4v) is 6.13. The summed E-state index contributed by atoms with van der Waals surface area (Å²) in [7, 11) is -4.20. The Morgan fingerprint density at radius 2 is 1.61 bits per heavy atom. The number of nitrogens with zero attached hydrogens (tertiary/aromatic N) is 2. The quantitative estimate of drug-likeness (QED) is 0.221. The minimum atomic E-state index is -4.20. The molecule has 1 N–H and O–H groups in total. The maximum Gasteiger partial charge on any atom is 0.264 e. The van der Waals surface area contributed by atoms with Crippen LogP contribution in [-0.2, 0) is 26.2 Å². The normalized spacial score (nSPS) is 12.1. The third kappa shape index (κ3) is 8.16. The summed E-state index contributed by atoms with van der Waals surface area (Å²) in [4.78, 5) is 28.5. The van der Waals surface area contributed by atoms with Gasteiger partial charge in [0.05, 0.1) is 20.6 Å². The number of aryl methyl sites for hydroxylation is 1. The van der Waals surface area contributed by atoms with Gasteiger partial charge in [0.15, 0.2) is 0 Å². The molecule has 0 bridgehead atoms. The van der Waals surface area contributed by atoms with E-state index in [0.29, 0.717) is 32.7 Å². The Hall–Kier alpha value is -2.78. The van der Waals surface area contributed by atoms with Gasteiger partial charge >= 0.3 is 0 Å². The Morgan fingerprint density at radius 3 is 2.24 bits per heavy atom. The Kier molecular flexibility index (Phi) is 11.5. The number of unbranched alkanes of at least 4 members (excludes halogenated alkanes) is 1. The highest BCUT2D eigenvalue weighted by molar-refractivity contribution is 7.92. The zero-order valence-corrected chi connectivity index (χ0v) is 26.5. The molecule has 41 heavy (non-hydrogen) atoms. The maximum atomic E-state index is 14.0. The van der Waals surface area contributed by atoms with Crippen LogP contribution in [0.2, 0.25) is 15.1 Å². The van der Waals surface area contributed by atoms with Crippen LogP contribution < -0.4 is 9.62 Å². The SMILES string of the molecule is CCCCNC(=O)C(C)N(Cc1ccc(Cl)c(Cl)c1)C(=O)CN(c1cccc(Cl)c1C)S(=O)(=O)c1ccc(C)cc1. The summed E-state index contributed by atoms with van der Waals surface area (Å²) in [5.41, 5.74) is 2.29. The minimum Gasteiger partial charge on any atom is -0.354 e. The summed E-state index contributed by atoms with van der Waals surface area (Å²) in [5.74, 6) is -0.928. The molecule has 0 heterocycles. The van der Waals surface area contributed by atoms with Crippen molar-refractivity contribution in [2.24, 2.45) is 0 Å². The van der Waals surface area contributed by atoms with Gasteiger partial charge in [0.1, 0.15) is 12.6 Å². The maximum absolute atomic E-state index is 14.0. The summed E-state index contributed by atoms with van der Waals surface area (Å²) < 4.78 is 29.0. The standard InChI is InChI=1S/C30H34Cl3N3O4S/c1-5-6-16-34-30(38)22(4)35(18-23-12-15-26(32)27(33)17-23)29(37)19-36(28-9-7-8-25(31)21(28)3)41(39,40)24-13-10-20(2)11-14-24/h7-15,17,22H,5-6,16,18-19H2,1-4H3,(H,34,38). The van der Waals surface area contributed by atoms with Crippen molar-refractivity contribution in [3.05, 3.63) is 92.4 Å². The number of halogens is 3. The molecule has 1 unspecified atom stereocenters. The molecule has 0 aliphatic rings. The summed E-state index contributed by atoms with van der Waals surface area (Å²) in [5, 5.41) is 3.87. The fraction of sp³-hybridized carbons (Fsp3) is 0.333. The van der Waals surface area contributed by atoms with Gasteiger partial charge in [-0.15, -0.1) is 0 Å². The van der Waals surface area contributed by atoms with E-state index in [1.54, 1.807) is 62.4 Å². The van der Waals surface area contributed by atoms with Crippen LogP contribution in [0, 0.1) is 13.8 Å². The van der Waals surface area contributed by atoms with E-state index in [1.807, 2.05) is 13.8 Å². The smallest absolute Gasteiger partial charge is 0.264 e. The first kappa shape index (κ1) is 32.7. The third-order valence-corrected chi connectivity index (χ3v) is 9.65. The highest BCUT2D eigenvalue weighted by atomic mass is 35.5. The topological polar surface area (TPSA) is 86.8 Å². The second-order valence-electron chi connectivity index (χ2n) is 9.80. The lowest BCUT2D eigenvalue weighted by atomic mass is 10.1. The van der Waals surface area contributed by atoms with Crippen LogP contribution in [0.5, 0.6) is 0 Å². The van der Waals surface area contributed by atoms with Crippen molar-refractivity contribution in [3.63, 3.8) is 0 Å². The average molecular weight is 639 g/mol. The van der Waals surface area contributed by atoms with E-state index in [1.165, 1.54) is 17.0 Å². The monoisotopic (exact) mass is 637 g/mol. The van der Waals surface area contributed by atoms with Gasteiger partial charge in [-0.05, 0) is 74.7 Å². The number of sulfonamides is 1. The molecule has 0 spiro atoms. The molecule has 0 aliphatic carbocycles. The first-order chi connectivity index (χ1) is 19.4. The molecular formula is C30H34Cl3N3O4S. The van der Waals surface area contributed by atoms with E-state index in [9.17, 15) is 18.0 Å². The summed E-state index contributed by atoms with van der Waals surface area (Å²) >= 11 is 18.7. The van der Waals surface area contributed by atoms with E-state index in [4.69, 9.17) is 34.8 Å². The number of nitrogens with one attached hydrogen (secondary N) is 1. The van der Waals surface area contributed by atoms with Crippen molar-refractivity contribution in [2.75, 3.05) is 17.4 Å². The van der Waals surface area contributed by atoms with Crippen LogP contribution >= 0.6 is 34.8 Å². The van der Waals surface area contributed by atoms with Gasteiger partial charge < -0.3 is 10.2 Å². The number of carbonyl (C=O) groups excluding carboxylic acids is 2. The summed E-state index contributed by atoms with van der Waals surface area (Å²) in [6.07, 6.45) is 1.68.